The summed E-state index contributed by atoms with van der Waals surface area (Å²) >= 11 is 1.54. The molecule has 0 aliphatic heterocycles. The van der Waals surface area contributed by atoms with E-state index >= 15 is 0 Å². The first-order chi connectivity index (χ1) is 9.81. The van der Waals surface area contributed by atoms with E-state index in [0.717, 1.165) is 16.6 Å². The molecule has 0 fully saturated rings. The van der Waals surface area contributed by atoms with Gasteiger partial charge in [0, 0.05) is 11.6 Å². The fraction of sp³-hybridized carbons (Fsp3) is 0.0667. The van der Waals surface area contributed by atoms with E-state index in [1.807, 2.05) is 54.8 Å². The van der Waals surface area contributed by atoms with Gasteiger partial charge >= 0.3 is 0 Å². The summed E-state index contributed by atoms with van der Waals surface area (Å²) in [5.41, 5.74) is 0.985. The summed E-state index contributed by atoms with van der Waals surface area (Å²) in [6.45, 7) is 1.96. The maximum Gasteiger partial charge on any atom is 0.188 e. The second-order valence-corrected chi connectivity index (χ2v) is 5.04. The zero-order valence-electron chi connectivity index (χ0n) is 11.3. The summed E-state index contributed by atoms with van der Waals surface area (Å²) in [6, 6.07) is 13.4. The number of nitrogens with zero attached hydrogens (tertiary/aromatic N) is 2. The van der Waals surface area contributed by atoms with Gasteiger partial charge < -0.3 is 10.1 Å². The van der Waals surface area contributed by atoms with Crippen LogP contribution in [0.1, 0.15) is 5.69 Å². The molecular weight excluding hydrogens is 306 g/mol. The number of thiazole rings is 1. The topological polar surface area (TPSA) is 47.0 Å². The van der Waals surface area contributed by atoms with Gasteiger partial charge in [-0.15, -0.1) is 23.7 Å². The summed E-state index contributed by atoms with van der Waals surface area (Å²) in [7, 11) is 0. The van der Waals surface area contributed by atoms with E-state index in [9.17, 15) is 0 Å². The molecule has 2 aromatic heterocycles. The standard InChI is InChI=1S/C15H13N3OS.ClH/c1-11-10-20-15(17-11)18-14-13(8-5-9-16-14)19-12-6-3-2-4-7-12;/h2-10H,1H3,(H,16,17,18);1H. The smallest absolute Gasteiger partial charge is 0.188 e. The fourth-order valence-electron chi connectivity index (χ4n) is 1.69. The summed E-state index contributed by atoms with van der Waals surface area (Å²) < 4.78 is 5.84. The van der Waals surface area contributed by atoms with Crippen molar-refractivity contribution in [3.8, 4) is 11.5 Å². The first kappa shape index (κ1) is 15.3. The lowest BCUT2D eigenvalue weighted by Crippen LogP contribution is -1.96. The molecular formula is C15H14ClN3OS. The maximum absolute atomic E-state index is 5.84. The third-order valence-corrected chi connectivity index (χ3v) is 3.46. The van der Waals surface area contributed by atoms with Gasteiger partial charge in [-0.05, 0) is 31.2 Å². The number of aromatic nitrogens is 2. The van der Waals surface area contributed by atoms with Crippen LogP contribution in [-0.2, 0) is 0 Å². The number of anilines is 2. The van der Waals surface area contributed by atoms with Gasteiger partial charge in [-0.25, -0.2) is 9.97 Å². The Morgan fingerprint density at radius 3 is 2.62 bits per heavy atom. The first-order valence-electron chi connectivity index (χ1n) is 6.18. The lowest BCUT2D eigenvalue weighted by Gasteiger charge is -2.10. The number of rotatable bonds is 4. The van der Waals surface area contributed by atoms with Crippen LogP contribution in [0.4, 0.5) is 10.9 Å². The predicted octanol–water partition coefficient (Wildman–Crippen LogP) is 4.80. The molecule has 3 rings (SSSR count). The average Bonchev–Trinajstić information content (AvgIpc) is 2.88. The van der Waals surface area contributed by atoms with Crippen LogP contribution >= 0.6 is 23.7 Å². The molecule has 0 unspecified atom stereocenters. The molecule has 0 aliphatic rings. The van der Waals surface area contributed by atoms with Gasteiger partial charge in [0.15, 0.2) is 16.7 Å². The van der Waals surface area contributed by atoms with Gasteiger partial charge in [0.2, 0.25) is 0 Å². The third kappa shape index (κ3) is 3.93. The molecule has 2 heterocycles. The molecule has 0 radical (unpaired) electrons. The molecule has 6 heteroatoms. The largest absolute Gasteiger partial charge is 0.453 e. The van der Waals surface area contributed by atoms with Crippen LogP contribution in [0, 0.1) is 6.92 Å². The lowest BCUT2D eigenvalue weighted by atomic mass is 10.3. The Hall–Kier alpha value is -2.11. The van der Waals surface area contributed by atoms with Crippen molar-refractivity contribution in [3.05, 3.63) is 59.7 Å². The minimum atomic E-state index is 0. The lowest BCUT2D eigenvalue weighted by molar-refractivity contribution is 0.483. The number of para-hydroxylation sites is 1. The molecule has 108 valence electrons. The zero-order chi connectivity index (χ0) is 13.8. The predicted molar refractivity (Wildman–Crippen MR) is 88.1 cm³/mol. The fourth-order valence-corrected chi connectivity index (χ4v) is 2.38. The Bertz CT molecular complexity index is 703. The number of hydrogen-bond donors (Lipinski definition) is 1. The van der Waals surface area contributed by atoms with E-state index in [2.05, 4.69) is 15.3 Å². The number of hydrogen-bond acceptors (Lipinski definition) is 5. The molecule has 1 aromatic carbocycles. The quantitative estimate of drug-likeness (QED) is 0.750. The van der Waals surface area contributed by atoms with E-state index < -0.39 is 0 Å². The van der Waals surface area contributed by atoms with Crippen molar-refractivity contribution >= 4 is 34.7 Å². The zero-order valence-corrected chi connectivity index (χ0v) is 12.9. The van der Waals surface area contributed by atoms with Crippen molar-refractivity contribution in [2.75, 3.05) is 5.32 Å². The Labute approximate surface area is 133 Å². The molecule has 0 aliphatic carbocycles. The summed E-state index contributed by atoms with van der Waals surface area (Å²) in [4.78, 5) is 8.68. The van der Waals surface area contributed by atoms with E-state index in [1.165, 1.54) is 0 Å². The Morgan fingerprint density at radius 1 is 1.10 bits per heavy atom. The highest BCUT2D eigenvalue weighted by Gasteiger charge is 2.08. The van der Waals surface area contributed by atoms with Crippen molar-refractivity contribution in [1.29, 1.82) is 0 Å². The highest BCUT2D eigenvalue weighted by Crippen LogP contribution is 2.30. The summed E-state index contributed by atoms with van der Waals surface area (Å²) in [5.74, 6) is 2.11. The summed E-state index contributed by atoms with van der Waals surface area (Å²) in [6.07, 6.45) is 1.72. The van der Waals surface area contributed by atoms with E-state index in [-0.39, 0.29) is 12.4 Å². The van der Waals surface area contributed by atoms with Gasteiger partial charge in [-0.1, -0.05) is 18.2 Å². The van der Waals surface area contributed by atoms with Gasteiger partial charge in [-0.3, -0.25) is 0 Å². The Balaban J connectivity index is 0.00000161. The molecule has 1 N–H and O–H groups in total. The Kier molecular flexibility index (Phi) is 5.14. The number of halogens is 1. The van der Waals surface area contributed by atoms with Crippen LogP contribution in [0.2, 0.25) is 0 Å². The number of nitrogens with one attached hydrogen (secondary N) is 1. The van der Waals surface area contributed by atoms with Gasteiger partial charge in [0.25, 0.3) is 0 Å². The third-order valence-electron chi connectivity index (χ3n) is 2.59. The molecule has 0 saturated heterocycles. The minimum Gasteiger partial charge on any atom is -0.453 e. The summed E-state index contributed by atoms with van der Waals surface area (Å²) in [5, 5.41) is 5.98. The van der Waals surface area contributed by atoms with Crippen LogP contribution < -0.4 is 10.1 Å². The molecule has 0 amide bonds. The molecule has 0 atom stereocenters. The second-order valence-electron chi connectivity index (χ2n) is 4.18. The first-order valence-corrected chi connectivity index (χ1v) is 7.06. The van der Waals surface area contributed by atoms with Gasteiger partial charge in [0.1, 0.15) is 5.75 Å². The van der Waals surface area contributed by atoms with Crippen LogP contribution in [-0.4, -0.2) is 9.97 Å². The van der Waals surface area contributed by atoms with Crippen molar-refractivity contribution in [2.24, 2.45) is 0 Å². The van der Waals surface area contributed by atoms with Crippen molar-refractivity contribution in [2.45, 2.75) is 6.92 Å². The van der Waals surface area contributed by atoms with Crippen LogP contribution in [0.3, 0.4) is 0 Å². The van der Waals surface area contributed by atoms with Crippen molar-refractivity contribution in [1.82, 2.24) is 9.97 Å². The molecule has 0 bridgehead atoms. The molecule has 0 spiro atoms. The average molecular weight is 320 g/mol. The van der Waals surface area contributed by atoms with E-state index in [0.29, 0.717) is 11.6 Å². The number of ether oxygens (including phenoxy) is 1. The van der Waals surface area contributed by atoms with Crippen molar-refractivity contribution in [3.63, 3.8) is 0 Å². The van der Waals surface area contributed by atoms with E-state index in [1.54, 1.807) is 17.5 Å². The molecule has 3 aromatic rings. The van der Waals surface area contributed by atoms with Crippen LogP contribution in [0.25, 0.3) is 0 Å². The van der Waals surface area contributed by atoms with Crippen LogP contribution in [0.5, 0.6) is 11.5 Å². The second kappa shape index (κ2) is 7.06. The molecule has 0 saturated carbocycles. The van der Waals surface area contributed by atoms with Crippen LogP contribution in [0.15, 0.2) is 54.0 Å². The maximum atomic E-state index is 5.84. The van der Waals surface area contributed by atoms with Gasteiger partial charge in [0.05, 0.1) is 5.69 Å². The normalized spacial score (nSPS) is 9.76. The SMILES string of the molecule is Cc1csc(Nc2ncccc2Oc2ccccc2)n1.Cl. The number of pyridine rings is 1. The molecule has 21 heavy (non-hydrogen) atoms. The highest BCUT2D eigenvalue weighted by molar-refractivity contribution is 7.13. The Morgan fingerprint density at radius 2 is 1.90 bits per heavy atom. The minimum absolute atomic E-state index is 0. The number of aryl methyl sites for hydroxylation is 1. The number of benzene rings is 1. The highest BCUT2D eigenvalue weighted by atomic mass is 35.5. The van der Waals surface area contributed by atoms with Gasteiger partial charge in [-0.2, -0.15) is 0 Å². The van der Waals surface area contributed by atoms with E-state index in [4.69, 9.17) is 4.74 Å². The van der Waals surface area contributed by atoms with Crippen molar-refractivity contribution < 1.29 is 4.74 Å². The monoisotopic (exact) mass is 319 g/mol. The molecule has 4 nitrogen and oxygen atoms in total.